The summed E-state index contributed by atoms with van der Waals surface area (Å²) in [4.78, 5) is 22.5. The Labute approximate surface area is 108 Å². The lowest BCUT2D eigenvalue weighted by Crippen LogP contribution is -2.17. The van der Waals surface area contributed by atoms with Crippen molar-refractivity contribution in [3.05, 3.63) is 23.8 Å². The molecule has 0 radical (unpaired) electrons. The fourth-order valence-electron chi connectivity index (χ4n) is 2.83. The summed E-state index contributed by atoms with van der Waals surface area (Å²) in [5.41, 5.74) is 1.93. The average molecular weight is 248 g/mol. The largest absolute Gasteiger partial charge is 0.458 e. The van der Waals surface area contributed by atoms with E-state index in [0.29, 0.717) is 17.9 Å². The van der Waals surface area contributed by atoms with Gasteiger partial charge in [-0.25, -0.2) is 4.79 Å². The van der Waals surface area contributed by atoms with Crippen molar-refractivity contribution in [1.82, 2.24) is 0 Å². The van der Waals surface area contributed by atoms with Crippen LogP contribution in [0.15, 0.2) is 23.8 Å². The van der Waals surface area contributed by atoms with E-state index in [9.17, 15) is 9.59 Å². The molecule has 0 unspecified atom stereocenters. The Bertz CT molecular complexity index is 419. The third-order valence-corrected chi connectivity index (χ3v) is 4.04. The van der Waals surface area contributed by atoms with Crippen LogP contribution in [0.3, 0.4) is 0 Å². The van der Waals surface area contributed by atoms with Crippen molar-refractivity contribution in [3.8, 4) is 0 Å². The van der Waals surface area contributed by atoms with Crippen LogP contribution in [0.2, 0.25) is 0 Å². The molecule has 0 saturated carbocycles. The lowest BCUT2D eigenvalue weighted by atomic mass is 9.90. The van der Waals surface area contributed by atoms with Crippen LogP contribution in [0.1, 0.15) is 39.5 Å². The molecule has 1 fully saturated rings. The molecule has 1 heterocycles. The molecule has 1 aliphatic heterocycles. The van der Waals surface area contributed by atoms with Gasteiger partial charge >= 0.3 is 5.97 Å². The van der Waals surface area contributed by atoms with Crippen molar-refractivity contribution >= 4 is 11.8 Å². The third-order valence-electron chi connectivity index (χ3n) is 4.04. The van der Waals surface area contributed by atoms with Crippen molar-refractivity contribution in [1.29, 1.82) is 0 Å². The number of ether oxygens (including phenoxy) is 1. The van der Waals surface area contributed by atoms with Crippen LogP contribution < -0.4 is 0 Å². The van der Waals surface area contributed by atoms with E-state index < -0.39 is 0 Å². The number of ketones is 1. The Morgan fingerprint density at radius 1 is 1.56 bits per heavy atom. The zero-order chi connectivity index (χ0) is 13.3. The molecule has 2 aliphatic rings. The smallest absolute Gasteiger partial charge is 0.334 e. The number of carbonyl (C=O) groups is 2. The number of esters is 1. The van der Waals surface area contributed by atoms with Gasteiger partial charge in [0.1, 0.15) is 11.9 Å². The second-order valence-corrected chi connectivity index (χ2v) is 5.43. The van der Waals surface area contributed by atoms with Crippen molar-refractivity contribution in [2.75, 3.05) is 0 Å². The molecule has 0 bridgehead atoms. The molecule has 98 valence electrons. The van der Waals surface area contributed by atoms with Gasteiger partial charge < -0.3 is 9.53 Å². The van der Waals surface area contributed by atoms with E-state index in [1.54, 1.807) is 6.92 Å². The van der Waals surface area contributed by atoms with Gasteiger partial charge in [-0.15, -0.1) is 0 Å². The lowest BCUT2D eigenvalue weighted by Gasteiger charge is -2.18. The van der Waals surface area contributed by atoms with Crippen LogP contribution in [0.5, 0.6) is 0 Å². The van der Waals surface area contributed by atoms with E-state index in [1.165, 1.54) is 5.57 Å². The Kier molecular flexibility index (Phi) is 3.69. The molecule has 1 saturated heterocycles. The molecule has 0 aromatic carbocycles. The summed E-state index contributed by atoms with van der Waals surface area (Å²) >= 11 is 0. The Hall–Kier alpha value is -1.38. The number of fused-ring (bicyclic) bond motifs is 1. The zero-order valence-electron chi connectivity index (χ0n) is 11.1. The van der Waals surface area contributed by atoms with Crippen LogP contribution in [0.4, 0.5) is 0 Å². The highest BCUT2D eigenvalue weighted by molar-refractivity contribution is 5.90. The van der Waals surface area contributed by atoms with E-state index in [1.807, 2.05) is 0 Å². The second kappa shape index (κ2) is 5.09. The quantitative estimate of drug-likeness (QED) is 0.438. The van der Waals surface area contributed by atoms with Gasteiger partial charge in [-0.1, -0.05) is 25.2 Å². The fourth-order valence-corrected chi connectivity index (χ4v) is 2.83. The normalized spacial score (nSPS) is 31.4. The molecule has 0 N–H and O–H groups in total. The molecular weight excluding hydrogens is 228 g/mol. The van der Waals surface area contributed by atoms with Crippen LogP contribution in [-0.4, -0.2) is 17.9 Å². The fraction of sp³-hybridized carbons (Fsp3) is 0.600. The van der Waals surface area contributed by atoms with Crippen LogP contribution in [-0.2, 0) is 14.3 Å². The molecule has 0 amide bonds. The highest BCUT2D eigenvalue weighted by Gasteiger charge is 2.40. The van der Waals surface area contributed by atoms with E-state index in [4.69, 9.17) is 4.74 Å². The molecule has 3 heteroatoms. The van der Waals surface area contributed by atoms with Gasteiger partial charge in [0, 0.05) is 17.9 Å². The minimum Gasteiger partial charge on any atom is -0.458 e. The number of rotatable bonds is 3. The average Bonchev–Trinajstić information content (AvgIpc) is 2.46. The highest BCUT2D eigenvalue weighted by atomic mass is 16.6. The summed E-state index contributed by atoms with van der Waals surface area (Å²) in [5, 5.41) is 0. The third kappa shape index (κ3) is 2.55. The predicted octanol–water partition coefficient (Wildman–Crippen LogP) is 2.81. The first-order valence-corrected chi connectivity index (χ1v) is 6.57. The number of hydrogen-bond acceptors (Lipinski definition) is 3. The molecule has 0 aromatic rings. The Morgan fingerprint density at radius 3 is 2.94 bits per heavy atom. The van der Waals surface area contributed by atoms with Crippen molar-refractivity contribution in [3.63, 3.8) is 0 Å². The summed E-state index contributed by atoms with van der Waals surface area (Å²) in [6, 6.07) is 0. The van der Waals surface area contributed by atoms with Crippen molar-refractivity contribution in [2.45, 2.75) is 45.6 Å². The molecular formula is C15H20O3. The van der Waals surface area contributed by atoms with Crippen molar-refractivity contribution in [2.24, 2.45) is 11.8 Å². The van der Waals surface area contributed by atoms with Gasteiger partial charge in [-0.2, -0.15) is 0 Å². The number of Topliss-reactive ketones (excluding diaryl/α,β-unsaturated/α-hetero) is 1. The number of hydrogen-bond donors (Lipinski definition) is 0. The second-order valence-electron chi connectivity index (χ2n) is 5.43. The van der Waals surface area contributed by atoms with E-state index >= 15 is 0 Å². The first kappa shape index (κ1) is 13.1. The molecule has 1 aliphatic carbocycles. The minimum atomic E-state index is -0.238. The first-order chi connectivity index (χ1) is 8.49. The summed E-state index contributed by atoms with van der Waals surface area (Å²) < 4.78 is 5.36. The topological polar surface area (TPSA) is 43.4 Å². The molecule has 3 atom stereocenters. The van der Waals surface area contributed by atoms with Crippen LogP contribution in [0.25, 0.3) is 0 Å². The summed E-state index contributed by atoms with van der Waals surface area (Å²) in [5.74, 6) is 0.494. The van der Waals surface area contributed by atoms with Gasteiger partial charge in [0.05, 0.1) is 0 Å². The van der Waals surface area contributed by atoms with Gasteiger partial charge in [-0.05, 0) is 32.1 Å². The van der Waals surface area contributed by atoms with E-state index in [0.717, 1.165) is 19.3 Å². The summed E-state index contributed by atoms with van der Waals surface area (Å²) in [6.45, 7) is 7.60. The van der Waals surface area contributed by atoms with E-state index in [-0.39, 0.29) is 23.8 Å². The Morgan fingerprint density at radius 2 is 2.28 bits per heavy atom. The number of carbonyl (C=O) groups excluding carboxylic acids is 2. The maximum Gasteiger partial charge on any atom is 0.334 e. The molecule has 18 heavy (non-hydrogen) atoms. The monoisotopic (exact) mass is 248 g/mol. The van der Waals surface area contributed by atoms with Gasteiger partial charge in [-0.3, -0.25) is 0 Å². The first-order valence-electron chi connectivity index (χ1n) is 6.57. The lowest BCUT2D eigenvalue weighted by molar-refractivity contribution is -0.139. The SMILES string of the molecule is C=C1C(=O)O[C@H]2C[C@H](C)C(CCC(C)=O)=CC[C@H]12. The molecule has 3 nitrogen and oxygen atoms in total. The standard InChI is InChI=1S/C15H20O3/c1-9-8-14-13(11(3)15(17)18-14)7-6-12(9)5-4-10(2)16/h6,9,13-14H,3-5,7-8H2,1-2H3/t9-,13+,14-/m0/s1. The Balaban J connectivity index is 2.08. The van der Waals surface area contributed by atoms with Gasteiger partial charge in [0.15, 0.2) is 0 Å². The van der Waals surface area contributed by atoms with Crippen LogP contribution >= 0.6 is 0 Å². The van der Waals surface area contributed by atoms with Gasteiger partial charge in [0.2, 0.25) is 0 Å². The predicted molar refractivity (Wildman–Crippen MR) is 68.9 cm³/mol. The van der Waals surface area contributed by atoms with Crippen molar-refractivity contribution < 1.29 is 14.3 Å². The molecule has 0 spiro atoms. The molecule has 2 rings (SSSR count). The van der Waals surface area contributed by atoms with Gasteiger partial charge in [0.25, 0.3) is 0 Å². The maximum atomic E-state index is 11.5. The van der Waals surface area contributed by atoms with Crippen LogP contribution in [0, 0.1) is 11.8 Å². The summed E-state index contributed by atoms with van der Waals surface area (Å²) in [6.07, 6.45) is 5.26. The highest BCUT2D eigenvalue weighted by Crippen LogP contribution is 2.39. The minimum absolute atomic E-state index is 0.0221. The molecule has 0 aromatic heterocycles. The summed E-state index contributed by atoms with van der Waals surface area (Å²) in [7, 11) is 0. The number of allylic oxidation sites excluding steroid dienone is 2. The zero-order valence-corrected chi connectivity index (χ0v) is 11.1. The van der Waals surface area contributed by atoms with E-state index in [2.05, 4.69) is 19.6 Å². The maximum absolute atomic E-state index is 11.5.